The molecule has 0 saturated heterocycles. The number of esters is 1. The first-order valence-corrected chi connectivity index (χ1v) is 5.22. The van der Waals surface area contributed by atoms with Gasteiger partial charge in [0.05, 0.1) is 6.33 Å². The van der Waals surface area contributed by atoms with Crippen molar-refractivity contribution in [3.63, 3.8) is 0 Å². The van der Waals surface area contributed by atoms with E-state index in [2.05, 4.69) is 4.98 Å². The van der Waals surface area contributed by atoms with Crippen molar-refractivity contribution >= 4 is 5.97 Å². The number of imidazole rings is 1. The lowest BCUT2D eigenvalue weighted by Gasteiger charge is -2.24. The van der Waals surface area contributed by atoms with E-state index >= 15 is 0 Å². The van der Waals surface area contributed by atoms with Gasteiger partial charge in [-0.2, -0.15) is 0 Å². The van der Waals surface area contributed by atoms with Crippen LogP contribution in [-0.4, -0.2) is 28.2 Å². The van der Waals surface area contributed by atoms with Gasteiger partial charge in [0.25, 0.3) is 0 Å². The predicted molar refractivity (Wildman–Crippen MR) is 54.3 cm³/mol. The van der Waals surface area contributed by atoms with Gasteiger partial charge in [-0.3, -0.25) is 0 Å². The summed E-state index contributed by atoms with van der Waals surface area (Å²) in [6.07, 6.45) is 6.50. The van der Waals surface area contributed by atoms with Gasteiger partial charge in [-0.15, -0.1) is 0 Å². The third kappa shape index (κ3) is 2.36. The quantitative estimate of drug-likeness (QED) is 0.735. The maximum atomic E-state index is 11.5. The molecule has 0 unspecified atom stereocenters. The summed E-state index contributed by atoms with van der Waals surface area (Å²) in [6.45, 7) is 1.21. The highest BCUT2D eigenvalue weighted by Gasteiger charge is 2.23. The molecule has 1 fully saturated rings. The van der Waals surface area contributed by atoms with Crippen molar-refractivity contribution < 1.29 is 9.53 Å². The summed E-state index contributed by atoms with van der Waals surface area (Å²) in [6, 6.07) is 0. The minimum Gasteiger partial charge on any atom is -0.458 e. The number of ether oxygens (including phenoxy) is 1. The Labute approximate surface area is 88.2 Å². The van der Waals surface area contributed by atoms with Gasteiger partial charge < -0.3 is 15.0 Å². The molecule has 0 bridgehead atoms. The molecule has 0 aromatic carbocycles. The number of carbonyl (C=O) groups is 1. The molecule has 0 aliphatic heterocycles. The average molecular weight is 209 g/mol. The number of nitrogens with two attached hydrogens (primary N) is 1. The Kier molecular flexibility index (Phi) is 3.01. The number of carbonyl (C=O) groups excluding carboxylic acids is 1. The van der Waals surface area contributed by atoms with Crippen LogP contribution in [0.25, 0.3) is 0 Å². The van der Waals surface area contributed by atoms with Gasteiger partial charge in [0, 0.05) is 19.3 Å². The molecule has 0 atom stereocenters. The second-order valence-electron chi connectivity index (χ2n) is 3.74. The summed E-state index contributed by atoms with van der Waals surface area (Å²) in [5.41, 5.74) is 5.76. The first-order chi connectivity index (χ1) is 7.29. The molecule has 2 rings (SSSR count). The number of hydrogen-bond donors (Lipinski definition) is 1. The maximum Gasteiger partial charge on any atom is 0.358 e. The van der Waals surface area contributed by atoms with Crippen LogP contribution < -0.4 is 5.73 Å². The molecule has 1 aromatic heterocycles. The van der Waals surface area contributed by atoms with E-state index in [0.717, 1.165) is 19.3 Å². The molecule has 5 heteroatoms. The second-order valence-corrected chi connectivity index (χ2v) is 3.74. The smallest absolute Gasteiger partial charge is 0.358 e. The highest BCUT2D eigenvalue weighted by atomic mass is 16.5. The van der Waals surface area contributed by atoms with E-state index in [1.54, 1.807) is 17.1 Å². The van der Waals surface area contributed by atoms with E-state index in [4.69, 9.17) is 10.5 Å². The summed E-state index contributed by atoms with van der Waals surface area (Å²) in [5, 5.41) is 0. The lowest BCUT2D eigenvalue weighted by Crippen LogP contribution is -2.25. The minimum absolute atomic E-state index is 0.108. The van der Waals surface area contributed by atoms with Crippen LogP contribution in [0.4, 0.5) is 0 Å². The number of aromatic nitrogens is 2. The van der Waals surface area contributed by atoms with Gasteiger partial charge in [0.15, 0.2) is 5.69 Å². The summed E-state index contributed by atoms with van der Waals surface area (Å²) < 4.78 is 7.01. The van der Waals surface area contributed by atoms with Crippen LogP contribution in [0, 0.1) is 0 Å². The van der Waals surface area contributed by atoms with E-state index in [9.17, 15) is 4.79 Å². The first kappa shape index (κ1) is 10.2. The Morgan fingerprint density at radius 1 is 1.67 bits per heavy atom. The van der Waals surface area contributed by atoms with Crippen LogP contribution in [0.15, 0.2) is 12.5 Å². The summed E-state index contributed by atoms with van der Waals surface area (Å²) >= 11 is 0. The zero-order valence-corrected chi connectivity index (χ0v) is 8.56. The number of hydrogen-bond acceptors (Lipinski definition) is 4. The fourth-order valence-corrected chi connectivity index (χ4v) is 1.44. The van der Waals surface area contributed by atoms with Crippen LogP contribution in [0.1, 0.15) is 29.8 Å². The van der Waals surface area contributed by atoms with E-state index in [-0.39, 0.29) is 12.1 Å². The molecular formula is C10H15N3O2. The monoisotopic (exact) mass is 209 g/mol. The lowest BCUT2D eigenvalue weighted by molar-refractivity contribution is 0.00841. The van der Waals surface area contributed by atoms with Crippen LogP contribution in [0.3, 0.4) is 0 Å². The van der Waals surface area contributed by atoms with Gasteiger partial charge in [0.1, 0.15) is 6.10 Å². The molecule has 82 valence electrons. The van der Waals surface area contributed by atoms with Crippen LogP contribution in [-0.2, 0) is 11.3 Å². The summed E-state index contributed by atoms with van der Waals surface area (Å²) in [5.74, 6) is -0.324. The van der Waals surface area contributed by atoms with Crippen molar-refractivity contribution in [3.05, 3.63) is 18.2 Å². The van der Waals surface area contributed by atoms with E-state index < -0.39 is 0 Å². The number of rotatable bonds is 4. The zero-order chi connectivity index (χ0) is 10.7. The molecule has 15 heavy (non-hydrogen) atoms. The van der Waals surface area contributed by atoms with Gasteiger partial charge in [0.2, 0.25) is 0 Å². The van der Waals surface area contributed by atoms with Gasteiger partial charge in [-0.05, 0) is 19.3 Å². The zero-order valence-electron chi connectivity index (χ0n) is 8.56. The fourth-order valence-electron chi connectivity index (χ4n) is 1.44. The van der Waals surface area contributed by atoms with E-state index in [1.807, 2.05) is 0 Å². The molecular weight excluding hydrogens is 194 g/mol. The summed E-state index contributed by atoms with van der Waals surface area (Å²) in [4.78, 5) is 15.5. The first-order valence-electron chi connectivity index (χ1n) is 5.22. The van der Waals surface area contributed by atoms with E-state index in [1.165, 1.54) is 0 Å². The van der Waals surface area contributed by atoms with Crippen molar-refractivity contribution in [3.8, 4) is 0 Å². The maximum absolute atomic E-state index is 11.5. The molecule has 0 spiro atoms. The molecule has 1 heterocycles. The average Bonchev–Trinajstić information content (AvgIpc) is 2.60. The van der Waals surface area contributed by atoms with E-state index in [0.29, 0.717) is 18.8 Å². The van der Waals surface area contributed by atoms with Crippen molar-refractivity contribution in [1.29, 1.82) is 0 Å². The largest absolute Gasteiger partial charge is 0.458 e. The van der Waals surface area contributed by atoms with Crippen LogP contribution in [0.5, 0.6) is 0 Å². The third-order valence-corrected chi connectivity index (χ3v) is 2.56. The highest BCUT2D eigenvalue weighted by molar-refractivity contribution is 5.87. The number of nitrogens with zero attached hydrogens (tertiary/aromatic N) is 2. The molecule has 1 saturated carbocycles. The SMILES string of the molecule is NCCn1cnc(C(=O)OC2CCC2)c1. The molecule has 1 aromatic rings. The highest BCUT2D eigenvalue weighted by Crippen LogP contribution is 2.22. The Bertz CT molecular complexity index is 344. The third-order valence-electron chi connectivity index (χ3n) is 2.56. The van der Waals surface area contributed by atoms with Crippen molar-refractivity contribution in [2.75, 3.05) is 6.54 Å². The molecule has 1 aliphatic rings. The summed E-state index contributed by atoms with van der Waals surface area (Å²) in [7, 11) is 0. The normalized spacial score (nSPS) is 16.1. The van der Waals surface area contributed by atoms with Gasteiger partial charge in [-0.1, -0.05) is 0 Å². The molecule has 5 nitrogen and oxygen atoms in total. The second kappa shape index (κ2) is 4.44. The van der Waals surface area contributed by atoms with Gasteiger partial charge >= 0.3 is 5.97 Å². The topological polar surface area (TPSA) is 70.1 Å². The van der Waals surface area contributed by atoms with Crippen molar-refractivity contribution in [2.24, 2.45) is 5.73 Å². The van der Waals surface area contributed by atoms with Crippen LogP contribution in [0.2, 0.25) is 0 Å². The molecule has 2 N–H and O–H groups in total. The van der Waals surface area contributed by atoms with Gasteiger partial charge in [-0.25, -0.2) is 9.78 Å². The molecule has 1 aliphatic carbocycles. The minimum atomic E-state index is -0.324. The standard InChI is InChI=1S/C10H15N3O2/c11-4-5-13-6-9(12-7-13)10(14)15-8-2-1-3-8/h6-8H,1-5,11H2. The van der Waals surface area contributed by atoms with Crippen LogP contribution >= 0.6 is 0 Å². The Hall–Kier alpha value is -1.36. The lowest BCUT2D eigenvalue weighted by atomic mass is 9.96. The predicted octanol–water partition coefficient (Wildman–Crippen LogP) is 0.551. The Morgan fingerprint density at radius 3 is 3.07 bits per heavy atom. The fraction of sp³-hybridized carbons (Fsp3) is 0.600. The molecule has 0 amide bonds. The molecule has 0 radical (unpaired) electrons. The van der Waals surface area contributed by atoms with Crippen molar-refractivity contribution in [2.45, 2.75) is 31.9 Å². The van der Waals surface area contributed by atoms with Crippen molar-refractivity contribution in [1.82, 2.24) is 9.55 Å². The Morgan fingerprint density at radius 2 is 2.47 bits per heavy atom. The Balaban J connectivity index is 1.92.